The van der Waals surface area contributed by atoms with Gasteiger partial charge in [-0.25, -0.2) is 0 Å². The number of rotatable bonds is 5. The summed E-state index contributed by atoms with van der Waals surface area (Å²) in [5, 5.41) is 4.29. The lowest BCUT2D eigenvalue weighted by Crippen LogP contribution is -2.26. The molecule has 5 aromatic rings. The summed E-state index contributed by atoms with van der Waals surface area (Å²) < 4.78 is 13.6. The molecule has 1 unspecified atom stereocenters. The molecule has 0 saturated heterocycles. The molecule has 0 aliphatic carbocycles. The van der Waals surface area contributed by atoms with Crippen LogP contribution in [0.15, 0.2) is 72.9 Å². The molecule has 2 aliphatic heterocycles. The van der Waals surface area contributed by atoms with E-state index < -0.39 is 0 Å². The van der Waals surface area contributed by atoms with Gasteiger partial charge in [0.2, 0.25) is 6.79 Å². The third-order valence-corrected chi connectivity index (χ3v) is 7.41. The van der Waals surface area contributed by atoms with Gasteiger partial charge in [0.05, 0.1) is 23.8 Å². The SMILES string of the molecule is CCc1c(C(=O)NCc2ccccn2)cc2n1C(c1ccc3c(c1)OCO3)c1[nH]c3ccccc3c1C2. The number of carbonyl (C=O) groups excluding carboxylic acids is 1. The molecule has 7 nitrogen and oxygen atoms in total. The quantitative estimate of drug-likeness (QED) is 0.351. The second-order valence-electron chi connectivity index (χ2n) is 9.48. The van der Waals surface area contributed by atoms with E-state index in [9.17, 15) is 4.79 Å². The van der Waals surface area contributed by atoms with E-state index in [1.165, 1.54) is 10.9 Å². The minimum Gasteiger partial charge on any atom is -0.454 e. The number of amides is 1. The van der Waals surface area contributed by atoms with Gasteiger partial charge in [-0.2, -0.15) is 0 Å². The van der Waals surface area contributed by atoms with Gasteiger partial charge in [-0.05, 0) is 53.9 Å². The fourth-order valence-electron chi connectivity index (χ4n) is 5.76. The molecule has 2 N–H and O–H groups in total. The average molecular weight is 491 g/mol. The van der Waals surface area contributed by atoms with Crippen LogP contribution in [0, 0.1) is 0 Å². The van der Waals surface area contributed by atoms with E-state index in [-0.39, 0.29) is 18.7 Å². The number of nitrogens with one attached hydrogen (secondary N) is 2. The number of ether oxygens (including phenoxy) is 2. The number of aromatic amines is 1. The summed E-state index contributed by atoms with van der Waals surface area (Å²) in [6.07, 6.45) is 3.22. The van der Waals surface area contributed by atoms with Crippen LogP contribution in [0.2, 0.25) is 0 Å². The maximum Gasteiger partial charge on any atom is 0.253 e. The molecule has 0 fully saturated rings. The third kappa shape index (κ3) is 3.49. The number of nitrogens with zero attached hydrogens (tertiary/aromatic N) is 2. The van der Waals surface area contributed by atoms with Crippen LogP contribution in [0.25, 0.3) is 10.9 Å². The lowest BCUT2D eigenvalue weighted by Gasteiger charge is -2.29. The number of fused-ring (bicyclic) bond motifs is 5. The van der Waals surface area contributed by atoms with Gasteiger partial charge >= 0.3 is 0 Å². The average Bonchev–Trinajstić information content (AvgIpc) is 3.65. The van der Waals surface area contributed by atoms with Crippen LogP contribution in [-0.2, 0) is 19.4 Å². The predicted octanol–water partition coefficient (Wildman–Crippen LogP) is 5.13. The molecule has 0 spiro atoms. The molecular weight excluding hydrogens is 464 g/mol. The molecule has 0 bridgehead atoms. The predicted molar refractivity (Wildman–Crippen MR) is 140 cm³/mol. The number of para-hydroxylation sites is 1. The van der Waals surface area contributed by atoms with Crippen molar-refractivity contribution in [2.75, 3.05) is 6.79 Å². The zero-order valence-electron chi connectivity index (χ0n) is 20.5. The van der Waals surface area contributed by atoms with E-state index >= 15 is 0 Å². The summed E-state index contributed by atoms with van der Waals surface area (Å²) in [5.74, 6) is 1.43. The Kier molecular flexibility index (Phi) is 5.02. The summed E-state index contributed by atoms with van der Waals surface area (Å²) in [6, 6.07) is 22.2. The maximum absolute atomic E-state index is 13.4. The number of pyridine rings is 1. The molecule has 7 rings (SSSR count). The first-order valence-electron chi connectivity index (χ1n) is 12.6. The van der Waals surface area contributed by atoms with Crippen LogP contribution < -0.4 is 14.8 Å². The fourth-order valence-corrected chi connectivity index (χ4v) is 5.76. The smallest absolute Gasteiger partial charge is 0.253 e. The van der Waals surface area contributed by atoms with Crippen molar-refractivity contribution in [3.05, 3.63) is 112 Å². The number of carbonyl (C=O) groups is 1. The second kappa shape index (κ2) is 8.55. The summed E-state index contributed by atoms with van der Waals surface area (Å²) in [4.78, 5) is 21.5. The fraction of sp³-hybridized carbons (Fsp3) is 0.200. The largest absolute Gasteiger partial charge is 0.454 e. The summed E-state index contributed by atoms with van der Waals surface area (Å²) in [7, 11) is 0. The van der Waals surface area contributed by atoms with E-state index in [1.54, 1.807) is 6.20 Å². The number of H-pyrrole nitrogens is 1. The summed E-state index contributed by atoms with van der Waals surface area (Å²) in [5.41, 5.74) is 8.32. The van der Waals surface area contributed by atoms with Crippen LogP contribution in [0.1, 0.15) is 57.2 Å². The van der Waals surface area contributed by atoms with Crippen LogP contribution >= 0.6 is 0 Å². The molecule has 2 aromatic carbocycles. The van der Waals surface area contributed by atoms with E-state index in [0.717, 1.165) is 58.2 Å². The highest BCUT2D eigenvalue weighted by Crippen LogP contribution is 2.44. The van der Waals surface area contributed by atoms with Gasteiger partial charge in [-0.3, -0.25) is 9.78 Å². The van der Waals surface area contributed by atoms with Gasteiger partial charge < -0.3 is 24.3 Å². The molecular formula is C30H26N4O3. The summed E-state index contributed by atoms with van der Waals surface area (Å²) in [6.45, 7) is 2.73. The minimum atomic E-state index is -0.118. The summed E-state index contributed by atoms with van der Waals surface area (Å²) >= 11 is 0. The molecule has 7 heteroatoms. The normalized spacial score (nSPS) is 15.4. The monoisotopic (exact) mass is 490 g/mol. The van der Waals surface area contributed by atoms with Crippen molar-refractivity contribution in [3.63, 3.8) is 0 Å². The van der Waals surface area contributed by atoms with Crippen molar-refractivity contribution in [1.82, 2.24) is 19.9 Å². The van der Waals surface area contributed by atoms with Crippen molar-refractivity contribution < 1.29 is 14.3 Å². The molecule has 184 valence electrons. The Balaban J connectivity index is 1.36. The Hall–Kier alpha value is -4.52. The molecule has 3 aromatic heterocycles. The van der Waals surface area contributed by atoms with Crippen LogP contribution in [-0.4, -0.2) is 27.2 Å². The zero-order valence-corrected chi connectivity index (χ0v) is 20.5. The van der Waals surface area contributed by atoms with Crippen molar-refractivity contribution in [2.24, 2.45) is 0 Å². The molecule has 1 amide bonds. The number of aromatic nitrogens is 3. The Morgan fingerprint density at radius 1 is 1.08 bits per heavy atom. The first kappa shape index (κ1) is 21.7. The van der Waals surface area contributed by atoms with Crippen molar-refractivity contribution in [3.8, 4) is 11.5 Å². The molecule has 0 saturated carbocycles. The molecule has 2 aliphatic rings. The third-order valence-electron chi connectivity index (χ3n) is 7.41. The lowest BCUT2D eigenvalue weighted by atomic mass is 9.92. The number of hydrogen-bond donors (Lipinski definition) is 2. The van der Waals surface area contributed by atoms with E-state index in [0.29, 0.717) is 12.1 Å². The van der Waals surface area contributed by atoms with Crippen molar-refractivity contribution >= 4 is 16.8 Å². The topological polar surface area (TPSA) is 81.2 Å². The highest BCUT2D eigenvalue weighted by atomic mass is 16.7. The lowest BCUT2D eigenvalue weighted by molar-refractivity contribution is 0.0949. The Morgan fingerprint density at radius 2 is 1.95 bits per heavy atom. The first-order valence-corrected chi connectivity index (χ1v) is 12.6. The molecule has 5 heterocycles. The standard InChI is InChI=1S/C30H26N4O3/c1-2-25-23(30(35)32-16-19-7-5-6-12-31-19)15-20-14-22-21-8-3-4-9-24(21)33-28(22)29(34(20)25)18-10-11-26-27(13-18)37-17-36-26/h3-13,15,29,33H,2,14,16-17H2,1H3,(H,32,35). The van der Waals surface area contributed by atoms with Gasteiger partial charge in [-0.1, -0.05) is 37.3 Å². The van der Waals surface area contributed by atoms with Crippen LogP contribution in [0.3, 0.4) is 0 Å². The van der Waals surface area contributed by atoms with E-state index in [2.05, 4.69) is 69.2 Å². The Bertz CT molecular complexity index is 1650. The molecule has 0 radical (unpaired) electrons. The van der Waals surface area contributed by atoms with Gasteiger partial charge in [-0.15, -0.1) is 0 Å². The Morgan fingerprint density at radius 3 is 2.81 bits per heavy atom. The Labute approximate surface area is 214 Å². The molecule has 37 heavy (non-hydrogen) atoms. The highest BCUT2D eigenvalue weighted by Gasteiger charge is 2.34. The zero-order chi connectivity index (χ0) is 24.9. The minimum absolute atomic E-state index is 0.0811. The highest BCUT2D eigenvalue weighted by molar-refractivity contribution is 5.96. The van der Waals surface area contributed by atoms with Gasteiger partial charge in [0.25, 0.3) is 5.91 Å². The van der Waals surface area contributed by atoms with Crippen molar-refractivity contribution in [2.45, 2.75) is 32.4 Å². The van der Waals surface area contributed by atoms with E-state index in [1.807, 2.05) is 24.3 Å². The van der Waals surface area contributed by atoms with Crippen LogP contribution in [0.5, 0.6) is 11.5 Å². The first-order chi connectivity index (χ1) is 18.2. The number of benzene rings is 2. The van der Waals surface area contributed by atoms with Gasteiger partial charge in [0.15, 0.2) is 11.5 Å². The van der Waals surface area contributed by atoms with Gasteiger partial charge in [0.1, 0.15) is 0 Å². The molecule has 1 atom stereocenters. The maximum atomic E-state index is 13.4. The van der Waals surface area contributed by atoms with Crippen molar-refractivity contribution in [1.29, 1.82) is 0 Å². The second-order valence-corrected chi connectivity index (χ2v) is 9.48. The number of hydrogen-bond acceptors (Lipinski definition) is 4. The van der Waals surface area contributed by atoms with Gasteiger partial charge in [0, 0.05) is 40.6 Å². The van der Waals surface area contributed by atoms with Crippen LogP contribution in [0.4, 0.5) is 0 Å². The van der Waals surface area contributed by atoms with E-state index in [4.69, 9.17) is 9.47 Å².